The number of furan rings is 1. The van der Waals surface area contributed by atoms with E-state index in [1.165, 1.54) is 11.2 Å². The maximum absolute atomic E-state index is 13.0. The van der Waals surface area contributed by atoms with E-state index in [0.717, 1.165) is 17.7 Å². The molecule has 2 aromatic rings. The van der Waals surface area contributed by atoms with Gasteiger partial charge in [-0.25, -0.2) is 0 Å². The molecule has 7 nitrogen and oxygen atoms in total. The maximum atomic E-state index is 13.0. The first-order valence-corrected chi connectivity index (χ1v) is 11.0. The normalized spacial score (nSPS) is 18.0. The minimum absolute atomic E-state index is 0.0244. The Morgan fingerprint density at radius 2 is 2.00 bits per heavy atom. The van der Waals surface area contributed by atoms with Crippen LogP contribution in [0.2, 0.25) is 0 Å². The largest absolute Gasteiger partial charge is 0.507 e. The first-order valence-electron chi connectivity index (χ1n) is 11.0. The predicted octanol–water partition coefficient (Wildman–Crippen LogP) is 4.61. The van der Waals surface area contributed by atoms with Crippen molar-refractivity contribution >= 4 is 17.4 Å². The van der Waals surface area contributed by atoms with E-state index in [1.807, 2.05) is 27.7 Å². The molecule has 2 heterocycles. The molecule has 0 radical (unpaired) electrons. The number of rotatable bonds is 10. The molecule has 1 aromatic carbocycles. The van der Waals surface area contributed by atoms with Crippen molar-refractivity contribution in [3.8, 4) is 5.75 Å². The van der Waals surface area contributed by atoms with Gasteiger partial charge in [0.25, 0.3) is 11.7 Å². The summed E-state index contributed by atoms with van der Waals surface area (Å²) in [6.07, 6.45) is 3.02. The molecule has 1 aliphatic rings. The van der Waals surface area contributed by atoms with E-state index in [1.54, 1.807) is 30.3 Å². The number of benzene rings is 1. The number of hydrogen-bond donors (Lipinski definition) is 1. The van der Waals surface area contributed by atoms with Crippen LogP contribution in [0, 0.1) is 6.92 Å². The van der Waals surface area contributed by atoms with Crippen LogP contribution in [0.1, 0.15) is 56.5 Å². The number of aliphatic hydroxyl groups excluding tert-OH is 1. The molecule has 1 N–H and O–H groups in total. The molecule has 1 fully saturated rings. The van der Waals surface area contributed by atoms with Crippen molar-refractivity contribution < 1.29 is 28.6 Å². The number of amides is 1. The second-order valence-electron chi connectivity index (χ2n) is 8.11. The van der Waals surface area contributed by atoms with Crippen molar-refractivity contribution in [2.75, 3.05) is 19.8 Å². The van der Waals surface area contributed by atoms with Gasteiger partial charge in [0, 0.05) is 18.7 Å². The highest BCUT2D eigenvalue weighted by Gasteiger charge is 2.47. The monoisotopic (exact) mass is 441 g/mol. The number of ether oxygens (including phenoxy) is 2. The molecule has 0 bridgehead atoms. The van der Waals surface area contributed by atoms with Crippen molar-refractivity contribution in [2.45, 2.75) is 52.7 Å². The maximum Gasteiger partial charge on any atom is 0.295 e. The third-order valence-corrected chi connectivity index (χ3v) is 5.26. The number of carbonyl (C=O) groups excluding carboxylic acids is 2. The van der Waals surface area contributed by atoms with Crippen LogP contribution in [0.5, 0.6) is 5.75 Å². The average Bonchev–Trinajstić information content (AvgIpc) is 3.37. The highest BCUT2D eigenvalue weighted by Crippen LogP contribution is 2.40. The van der Waals surface area contributed by atoms with E-state index < -0.39 is 17.7 Å². The Morgan fingerprint density at radius 3 is 2.62 bits per heavy atom. The van der Waals surface area contributed by atoms with Crippen molar-refractivity contribution in [3.63, 3.8) is 0 Å². The van der Waals surface area contributed by atoms with Crippen LogP contribution < -0.4 is 4.74 Å². The fourth-order valence-electron chi connectivity index (χ4n) is 3.73. The third-order valence-electron chi connectivity index (χ3n) is 5.26. The number of aryl methyl sites for hydroxylation is 1. The molecule has 1 unspecified atom stereocenters. The summed E-state index contributed by atoms with van der Waals surface area (Å²) in [6, 6.07) is 7.82. The van der Waals surface area contributed by atoms with E-state index in [9.17, 15) is 14.7 Å². The topological polar surface area (TPSA) is 89.2 Å². The summed E-state index contributed by atoms with van der Waals surface area (Å²) in [5.41, 5.74) is 1.30. The van der Waals surface area contributed by atoms with Crippen LogP contribution in [-0.2, 0) is 14.3 Å². The molecule has 1 atom stereocenters. The van der Waals surface area contributed by atoms with Crippen LogP contribution in [0.4, 0.5) is 0 Å². The summed E-state index contributed by atoms with van der Waals surface area (Å²) >= 11 is 0. The molecule has 1 aromatic heterocycles. The summed E-state index contributed by atoms with van der Waals surface area (Å²) in [5.74, 6) is -0.461. The van der Waals surface area contributed by atoms with Crippen LogP contribution in [0.3, 0.4) is 0 Å². The summed E-state index contributed by atoms with van der Waals surface area (Å²) in [7, 11) is 0. The Kier molecular flexibility index (Phi) is 7.75. The van der Waals surface area contributed by atoms with E-state index in [2.05, 4.69) is 0 Å². The number of carbonyl (C=O) groups is 2. The standard InChI is InChI=1S/C25H31NO6/c1-5-12-31-19-10-9-18(15-17(19)4)23(27)21-22(20-8-6-13-32-20)26(25(29)24(21)28)11-7-14-30-16(2)3/h6,8-10,13,15-16,22,27H,5,7,11-12,14H2,1-4H3/b23-21-. The number of ketones is 1. The Labute approximate surface area is 188 Å². The average molecular weight is 442 g/mol. The van der Waals surface area contributed by atoms with Gasteiger partial charge in [0.15, 0.2) is 0 Å². The minimum Gasteiger partial charge on any atom is -0.507 e. The Hall–Kier alpha value is -3.06. The molecular weight excluding hydrogens is 410 g/mol. The molecule has 0 saturated carbocycles. The number of likely N-dealkylation sites (tertiary alicyclic amines) is 1. The first-order chi connectivity index (χ1) is 15.3. The number of hydrogen-bond acceptors (Lipinski definition) is 6. The van der Waals surface area contributed by atoms with Crippen molar-refractivity contribution in [1.29, 1.82) is 0 Å². The second kappa shape index (κ2) is 10.5. The molecular formula is C25H31NO6. The minimum atomic E-state index is -0.791. The number of aliphatic hydroxyl groups is 1. The van der Waals surface area contributed by atoms with E-state index in [4.69, 9.17) is 13.9 Å². The van der Waals surface area contributed by atoms with E-state index in [-0.39, 0.29) is 17.4 Å². The Bertz CT molecular complexity index is 976. The molecule has 172 valence electrons. The Balaban J connectivity index is 1.95. The highest BCUT2D eigenvalue weighted by atomic mass is 16.5. The summed E-state index contributed by atoms with van der Waals surface area (Å²) in [4.78, 5) is 27.3. The molecule has 1 aliphatic heterocycles. The summed E-state index contributed by atoms with van der Waals surface area (Å²) < 4.78 is 16.8. The molecule has 1 amide bonds. The van der Waals surface area contributed by atoms with Crippen LogP contribution >= 0.6 is 0 Å². The number of nitrogens with zero attached hydrogens (tertiary/aromatic N) is 1. The van der Waals surface area contributed by atoms with E-state index in [0.29, 0.717) is 37.5 Å². The van der Waals surface area contributed by atoms with Crippen LogP contribution in [0.25, 0.3) is 5.76 Å². The smallest absolute Gasteiger partial charge is 0.295 e. The lowest BCUT2D eigenvalue weighted by Crippen LogP contribution is -2.31. The van der Waals surface area contributed by atoms with Crippen LogP contribution in [-0.4, -0.2) is 47.6 Å². The zero-order valence-electron chi connectivity index (χ0n) is 19.1. The molecule has 1 saturated heterocycles. The van der Waals surface area contributed by atoms with Crippen LogP contribution in [0.15, 0.2) is 46.6 Å². The van der Waals surface area contributed by atoms with Gasteiger partial charge in [-0.15, -0.1) is 0 Å². The fraction of sp³-hybridized carbons (Fsp3) is 0.440. The van der Waals surface area contributed by atoms with Gasteiger partial charge in [-0.3, -0.25) is 9.59 Å². The van der Waals surface area contributed by atoms with Crippen molar-refractivity contribution in [2.24, 2.45) is 0 Å². The molecule has 7 heteroatoms. The van der Waals surface area contributed by atoms with Gasteiger partial charge in [-0.1, -0.05) is 6.92 Å². The first kappa shape index (κ1) is 23.6. The lowest BCUT2D eigenvalue weighted by Gasteiger charge is -2.23. The quantitative estimate of drug-likeness (QED) is 0.251. The van der Waals surface area contributed by atoms with Gasteiger partial charge >= 0.3 is 0 Å². The third kappa shape index (κ3) is 5.05. The summed E-state index contributed by atoms with van der Waals surface area (Å²) in [6.45, 7) is 9.14. The second-order valence-corrected chi connectivity index (χ2v) is 8.11. The molecule has 3 rings (SSSR count). The van der Waals surface area contributed by atoms with Gasteiger partial charge in [0.05, 0.1) is 24.5 Å². The SMILES string of the molecule is CCCOc1ccc(/C(O)=C2/C(=O)C(=O)N(CCCOC(C)C)C2c2ccco2)cc1C. The molecule has 32 heavy (non-hydrogen) atoms. The van der Waals surface area contributed by atoms with E-state index >= 15 is 0 Å². The molecule has 0 aliphatic carbocycles. The van der Waals surface area contributed by atoms with Gasteiger partial charge in [0.1, 0.15) is 23.3 Å². The Morgan fingerprint density at radius 1 is 1.22 bits per heavy atom. The van der Waals surface area contributed by atoms with Gasteiger partial charge in [-0.05, 0) is 69.5 Å². The zero-order chi connectivity index (χ0) is 23.3. The van der Waals surface area contributed by atoms with Gasteiger partial charge < -0.3 is 23.9 Å². The summed E-state index contributed by atoms with van der Waals surface area (Å²) in [5, 5.41) is 11.1. The number of Topliss-reactive ketones (excluding diaryl/α,β-unsaturated/α-hetero) is 1. The van der Waals surface area contributed by atoms with Gasteiger partial charge in [-0.2, -0.15) is 0 Å². The lowest BCUT2D eigenvalue weighted by molar-refractivity contribution is -0.140. The predicted molar refractivity (Wildman–Crippen MR) is 120 cm³/mol. The highest BCUT2D eigenvalue weighted by molar-refractivity contribution is 6.46. The van der Waals surface area contributed by atoms with Gasteiger partial charge in [0.2, 0.25) is 0 Å². The fourth-order valence-corrected chi connectivity index (χ4v) is 3.73. The zero-order valence-corrected chi connectivity index (χ0v) is 19.1. The van der Waals surface area contributed by atoms with Crippen molar-refractivity contribution in [1.82, 2.24) is 4.90 Å². The molecule has 0 spiro atoms. The lowest BCUT2D eigenvalue weighted by atomic mass is 9.98. The van der Waals surface area contributed by atoms with Crippen molar-refractivity contribution in [3.05, 3.63) is 59.1 Å².